The highest BCUT2D eigenvalue weighted by molar-refractivity contribution is 7.89. The van der Waals surface area contributed by atoms with Gasteiger partial charge in [0, 0.05) is 24.0 Å². The first-order valence-electron chi connectivity index (χ1n) is 5.30. The first-order chi connectivity index (χ1) is 8.25. The molecule has 102 valence electrons. The second-order valence-corrected chi connectivity index (χ2v) is 7.57. The maximum absolute atomic E-state index is 12.3. The van der Waals surface area contributed by atoms with Crippen molar-refractivity contribution in [1.82, 2.24) is 4.31 Å². The summed E-state index contributed by atoms with van der Waals surface area (Å²) in [5.74, 6) is 0. The lowest BCUT2D eigenvalue weighted by atomic mass is 10.3. The molecular weight excluding hydrogens is 317 g/mol. The molecule has 0 fully saturated rings. The Morgan fingerprint density at radius 3 is 2.50 bits per heavy atom. The third kappa shape index (κ3) is 4.00. The van der Waals surface area contributed by atoms with Crippen LogP contribution >= 0.6 is 34.8 Å². The van der Waals surface area contributed by atoms with Gasteiger partial charge in [-0.05, 0) is 31.5 Å². The van der Waals surface area contributed by atoms with Crippen LogP contribution < -0.4 is 0 Å². The van der Waals surface area contributed by atoms with Crippen LogP contribution in [0.15, 0.2) is 23.1 Å². The van der Waals surface area contributed by atoms with Gasteiger partial charge in [0.15, 0.2) is 0 Å². The molecule has 1 rings (SSSR count). The molecule has 1 aromatic carbocycles. The van der Waals surface area contributed by atoms with E-state index in [9.17, 15) is 8.42 Å². The molecule has 1 atom stereocenters. The van der Waals surface area contributed by atoms with E-state index in [1.807, 2.05) is 6.92 Å². The first kappa shape index (κ1) is 16.1. The number of alkyl halides is 1. The molecule has 3 nitrogen and oxygen atoms in total. The van der Waals surface area contributed by atoms with Crippen LogP contribution in [0.3, 0.4) is 0 Å². The maximum atomic E-state index is 12.3. The van der Waals surface area contributed by atoms with Crippen molar-refractivity contribution in [2.75, 3.05) is 13.6 Å². The highest BCUT2D eigenvalue weighted by Crippen LogP contribution is 2.27. The summed E-state index contributed by atoms with van der Waals surface area (Å²) in [6, 6.07) is 4.36. The molecule has 0 aromatic heterocycles. The van der Waals surface area contributed by atoms with Crippen LogP contribution in [0.5, 0.6) is 0 Å². The quantitative estimate of drug-likeness (QED) is 0.773. The molecular formula is C11H14Cl3NO2S. The van der Waals surface area contributed by atoms with Crippen molar-refractivity contribution in [2.45, 2.75) is 23.6 Å². The van der Waals surface area contributed by atoms with Crippen molar-refractivity contribution in [1.29, 1.82) is 0 Å². The Morgan fingerprint density at radius 1 is 1.33 bits per heavy atom. The number of hydrogen-bond donors (Lipinski definition) is 0. The average molecular weight is 331 g/mol. The van der Waals surface area contributed by atoms with Gasteiger partial charge in [-0.15, -0.1) is 11.6 Å². The highest BCUT2D eigenvalue weighted by atomic mass is 35.5. The molecule has 0 saturated heterocycles. The van der Waals surface area contributed by atoms with Crippen LogP contribution in [0, 0.1) is 0 Å². The van der Waals surface area contributed by atoms with Gasteiger partial charge in [-0.3, -0.25) is 0 Å². The summed E-state index contributed by atoms with van der Waals surface area (Å²) in [5, 5.41) is 0.403. The normalized spacial score (nSPS) is 13.9. The van der Waals surface area contributed by atoms with E-state index in [0.717, 1.165) is 0 Å². The number of rotatable bonds is 5. The second-order valence-electron chi connectivity index (χ2n) is 3.97. The van der Waals surface area contributed by atoms with Crippen LogP contribution in [0.2, 0.25) is 10.0 Å². The Morgan fingerprint density at radius 2 is 1.94 bits per heavy atom. The van der Waals surface area contributed by atoms with Gasteiger partial charge in [-0.25, -0.2) is 12.7 Å². The van der Waals surface area contributed by atoms with E-state index >= 15 is 0 Å². The topological polar surface area (TPSA) is 37.4 Å². The lowest BCUT2D eigenvalue weighted by molar-refractivity contribution is 0.460. The molecule has 0 aliphatic carbocycles. The third-order valence-electron chi connectivity index (χ3n) is 2.42. The maximum Gasteiger partial charge on any atom is 0.244 e. The van der Waals surface area contributed by atoms with Crippen molar-refractivity contribution < 1.29 is 8.42 Å². The van der Waals surface area contributed by atoms with E-state index in [4.69, 9.17) is 34.8 Å². The van der Waals surface area contributed by atoms with Crippen molar-refractivity contribution in [3.63, 3.8) is 0 Å². The molecule has 0 heterocycles. The summed E-state index contributed by atoms with van der Waals surface area (Å²) >= 11 is 17.5. The molecule has 0 saturated carbocycles. The van der Waals surface area contributed by atoms with Crippen LogP contribution in [-0.2, 0) is 10.0 Å². The van der Waals surface area contributed by atoms with E-state index in [1.54, 1.807) is 6.07 Å². The number of nitrogens with zero attached hydrogens (tertiary/aromatic N) is 1. The molecule has 0 amide bonds. The van der Waals surface area contributed by atoms with E-state index in [1.165, 1.54) is 23.5 Å². The molecule has 0 spiro atoms. The fourth-order valence-corrected chi connectivity index (χ4v) is 3.34. The van der Waals surface area contributed by atoms with Gasteiger partial charge in [0.1, 0.15) is 4.90 Å². The Hall–Kier alpha value is -0.000000000000000111. The molecule has 0 N–H and O–H groups in total. The van der Waals surface area contributed by atoms with E-state index in [-0.39, 0.29) is 15.3 Å². The lowest BCUT2D eigenvalue weighted by Crippen LogP contribution is -2.29. The summed E-state index contributed by atoms with van der Waals surface area (Å²) in [7, 11) is -2.14. The number of benzene rings is 1. The monoisotopic (exact) mass is 329 g/mol. The van der Waals surface area contributed by atoms with Crippen molar-refractivity contribution >= 4 is 44.8 Å². The third-order valence-corrected chi connectivity index (χ3v) is 5.21. The molecule has 18 heavy (non-hydrogen) atoms. The van der Waals surface area contributed by atoms with Gasteiger partial charge in [0.05, 0.1) is 5.02 Å². The fraction of sp³-hybridized carbons (Fsp3) is 0.455. The van der Waals surface area contributed by atoms with E-state index < -0.39 is 10.0 Å². The Balaban J connectivity index is 3.02. The first-order valence-corrected chi connectivity index (χ1v) is 7.94. The number of sulfonamides is 1. The van der Waals surface area contributed by atoms with Gasteiger partial charge >= 0.3 is 0 Å². The average Bonchev–Trinajstić information content (AvgIpc) is 2.28. The standard InChI is InChI=1S/C11H14Cl3NO2S/c1-8(12)5-6-15(2)18(16,17)11-7-9(13)3-4-10(11)14/h3-4,7-8H,5-6H2,1-2H3. The van der Waals surface area contributed by atoms with Crippen LogP contribution in [0.1, 0.15) is 13.3 Å². The highest BCUT2D eigenvalue weighted by Gasteiger charge is 2.23. The van der Waals surface area contributed by atoms with Crippen molar-refractivity contribution in [3.05, 3.63) is 28.2 Å². The zero-order valence-corrected chi connectivity index (χ0v) is 13.1. The fourth-order valence-electron chi connectivity index (χ4n) is 1.32. The number of hydrogen-bond acceptors (Lipinski definition) is 2. The predicted molar refractivity (Wildman–Crippen MR) is 76.2 cm³/mol. The zero-order valence-electron chi connectivity index (χ0n) is 10.0. The Bertz CT molecular complexity index is 517. The van der Waals surface area contributed by atoms with E-state index in [2.05, 4.69) is 0 Å². The molecule has 0 aliphatic heterocycles. The molecule has 0 aliphatic rings. The minimum atomic E-state index is -3.63. The summed E-state index contributed by atoms with van der Waals surface area (Å²) in [6.07, 6.45) is 0.565. The van der Waals surface area contributed by atoms with Gasteiger partial charge in [-0.1, -0.05) is 23.2 Å². The van der Waals surface area contributed by atoms with Crippen LogP contribution in [0.25, 0.3) is 0 Å². The molecule has 0 bridgehead atoms. The Labute approximate surface area is 123 Å². The summed E-state index contributed by atoms with van der Waals surface area (Å²) in [4.78, 5) is 0.0152. The zero-order chi connectivity index (χ0) is 13.9. The summed E-state index contributed by atoms with van der Waals surface area (Å²) in [5.41, 5.74) is 0. The van der Waals surface area contributed by atoms with Gasteiger partial charge < -0.3 is 0 Å². The second kappa shape index (κ2) is 6.44. The molecule has 1 unspecified atom stereocenters. The molecule has 1 aromatic rings. The Kier molecular flexibility index (Phi) is 5.74. The summed E-state index contributed by atoms with van der Waals surface area (Å²) in [6.45, 7) is 2.14. The van der Waals surface area contributed by atoms with Crippen molar-refractivity contribution in [3.8, 4) is 0 Å². The lowest BCUT2D eigenvalue weighted by Gasteiger charge is -2.18. The van der Waals surface area contributed by atoms with Crippen molar-refractivity contribution in [2.24, 2.45) is 0 Å². The van der Waals surface area contributed by atoms with Crippen LogP contribution in [-0.4, -0.2) is 31.7 Å². The minimum Gasteiger partial charge on any atom is -0.207 e. The summed E-state index contributed by atoms with van der Waals surface area (Å²) < 4.78 is 25.7. The largest absolute Gasteiger partial charge is 0.244 e. The van der Waals surface area contributed by atoms with E-state index in [0.29, 0.717) is 18.0 Å². The van der Waals surface area contributed by atoms with Gasteiger partial charge in [0.2, 0.25) is 10.0 Å². The number of halogens is 3. The van der Waals surface area contributed by atoms with Gasteiger partial charge in [-0.2, -0.15) is 0 Å². The van der Waals surface area contributed by atoms with Crippen LogP contribution in [0.4, 0.5) is 0 Å². The molecule has 7 heteroatoms. The SMILES string of the molecule is CC(Cl)CCN(C)S(=O)(=O)c1cc(Cl)ccc1Cl. The smallest absolute Gasteiger partial charge is 0.207 e. The minimum absolute atomic E-state index is 0.0152. The van der Waals surface area contributed by atoms with Gasteiger partial charge in [0.25, 0.3) is 0 Å². The predicted octanol–water partition coefficient (Wildman–Crippen LogP) is 3.63. The molecule has 0 radical (unpaired) electrons.